The maximum atomic E-state index is 12.2. The molecule has 1 heterocycles. The van der Waals surface area contributed by atoms with Crippen molar-refractivity contribution in [3.63, 3.8) is 0 Å². The lowest BCUT2D eigenvalue weighted by Crippen LogP contribution is -2.42. The molecule has 0 bridgehead atoms. The van der Waals surface area contributed by atoms with E-state index < -0.39 is 5.91 Å². The van der Waals surface area contributed by atoms with Crippen LogP contribution in [0.2, 0.25) is 5.02 Å². The Bertz CT molecular complexity index is 918. The third kappa shape index (κ3) is 3.26. The standard InChI is InChI=1S/C18H15ClN2O3/c1-11-13-7-3-5-9-15(13)24-17(11)18(23)21-20-16(22)10-12-6-2-4-8-14(12)19/h2-9H,10H2,1H3,(H,20,22)(H,21,23). The Hall–Kier alpha value is -2.79. The molecular formula is C18H15ClN2O3. The second-order valence-corrected chi connectivity index (χ2v) is 5.73. The van der Waals surface area contributed by atoms with Crippen molar-refractivity contribution in [1.29, 1.82) is 0 Å². The molecule has 6 heteroatoms. The number of halogens is 1. The van der Waals surface area contributed by atoms with E-state index in [2.05, 4.69) is 10.9 Å². The number of aryl methyl sites for hydroxylation is 1. The van der Waals surface area contributed by atoms with Crippen LogP contribution in [0.5, 0.6) is 0 Å². The summed E-state index contributed by atoms with van der Waals surface area (Å²) in [6.07, 6.45) is 0.0685. The molecule has 122 valence electrons. The van der Waals surface area contributed by atoms with E-state index in [0.29, 0.717) is 16.2 Å². The summed E-state index contributed by atoms with van der Waals surface area (Å²) in [5.41, 5.74) is 6.77. The number of furan rings is 1. The Morgan fingerprint density at radius 1 is 1.04 bits per heavy atom. The Morgan fingerprint density at radius 3 is 2.50 bits per heavy atom. The zero-order valence-electron chi connectivity index (χ0n) is 12.9. The average Bonchev–Trinajstić information content (AvgIpc) is 2.92. The van der Waals surface area contributed by atoms with Crippen molar-refractivity contribution in [2.45, 2.75) is 13.3 Å². The highest BCUT2D eigenvalue weighted by molar-refractivity contribution is 6.31. The van der Waals surface area contributed by atoms with Gasteiger partial charge in [0.25, 0.3) is 0 Å². The fourth-order valence-corrected chi connectivity index (χ4v) is 2.64. The van der Waals surface area contributed by atoms with Crippen LogP contribution in [0.4, 0.5) is 0 Å². The van der Waals surface area contributed by atoms with E-state index in [1.165, 1.54) is 0 Å². The summed E-state index contributed by atoms with van der Waals surface area (Å²) in [4.78, 5) is 24.2. The van der Waals surface area contributed by atoms with Crippen molar-refractivity contribution < 1.29 is 14.0 Å². The van der Waals surface area contributed by atoms with Gasteiger partial charge in [0.2, 0.25) is 5.91 Å². The fourth-order valence-electron chi connectivity index (χ4n) is 2.43. The van der Waals surface area contributed by atoms with Crippen LogP contribution >= 0.6 is 11.6 Å². The van der Waals surface area contributed by atoms with E-state index in [0.717, 1.165) is 10.9 Å². The Labute approximate surface area is 143 Å². The van der Waals surface area contributed by atoms with Crippen LogP contribution < -0.4 is 10.9 Å². The molecule has 2 aromatic carbocycles. The van der Waals surface area contributed by atoms with Crippen LogP contribution in [-0.4, -0.2) is 11.8 Å². The zero-order chi connectivity index (χ0) is 17.1. The minimum absolute atomic E-state index is 0.0685. The first-order valence-corrected chi connectivity index (χ1v) is 7.75. The third-order valence-corrected chi connectivity index (χ3v) is 4.04. The number of para-hydroxylation sites is 1. The second kappa shape index (κ2) is 6.76. The molecule has 0 atom stereocenters. The molecule has 2 amide bonds. The summed E-state index contributed by atoms with van der Waals surface area (Å²) in [5.74, 6) is -0.698. The highest BCUT2D eigenvalue weighted by atomic mass is 35.5. The molecule has 1 aromatic heterocycles. The molecule has 0 aliphatic carbocycles. The van der Waals surface area contributed by atoms with E-state index in [9.17, 15) is 9.59 Å². The van der Waals surface area contributed by atoms with E-state index in [4.69, 9.17) is 16.0 Å². The van der Waals surface area contributed by atoms with E-state index in [1.807, 2.05) is 18.2 Å². The van der Waals surface area contributed by atoms with Crippen molar-refractivity contribution in [3.05, 3.63) is 70.4 Å². The van der Waals surface area contributed by atoms with Gasteiger partial charge in [0, 0.05) is 16.0 Å². The minimum atomic E-state index is -0.504. The molecule has 3 aromatic rings. The number of benzene rings is 2. The highest BCUT2D eigenvalue weighted by Gasteiger charge is 2.18. The lowest BCUT2D eigenvalue weighted by Gasteiger charge is -2.07. The third-order valence-electron chi connectivity index (χ3n) is 3.67. The van der Waals surface area contributed by atoms with Gasteiger partial charge in [0.1, 0.15) is 5.58 Å². The smallest absolute Gasteiger partial charge is 0.305 e. The number of nitrogens with one attached hydrogen (secondary N) is 2. The van der Waals surface area contributed by atoms with Crippen LogP contribution in [0.3, 0.4) is 0 Å². The number of amides is 2. The predicted molar refractivity (Wildman–Crippen MR) is 91.7 cm³/mol. The van der Waals surface area contributed by atoms with Gasteiger partial charge in [-0.25, -0.2) is 0 Å². The second-order valence-electron chi connectivity index (χ2n) is 5.32. The van der Waals surface area contributed by atoms with Gasteiger partial charge in [-0.3, -0.25) is 20.4 Å². The van der Waals surface area contributed by atoms with Crippen molar-refractivity contribution in [3.8, 4) is 0 Å². The van der Waals surface area contributed by atoms with E-state index >= 15 is 0 Å². The van der Waals surface area contributed by atoms with E-state index in [1.54, 1.807) is 37.3 Å². The minimum Gasteiger partial charge on any atom is -0.451 e. The predicted octanol–water partition coefficient (Wildman–Crippen LogP) is 3.40. The molecule has 0 saturated heterocycles. The maximum absolute atomic E-state index is 12.2. The first-order valence-electron chi connectivity index (χ1n) is 7.37. The quantitative estimate of drug-likeness (QED) is 0.717. The summed E-state index contributed by atoms with van der Waals surface area (Å²) in [6.45, 7) is 1.80. The Balaban J connectivity index is 1.65. The van der Waals surface area contributed by atoms with Crippen LogP contribution in [0.25, 0.3) is 11.0 Å². The number of fused-ring (bicyclic) bond motifs is 1. The van der Waals surface area contributed by atoms with Crippen LogP contribution in [-0.2, 0) is 11.2 Å². The SMILES string of the molecule is Cc1c(C(=O)NNC(=O)Cc2ccccc2Cl)oc2ccccc12. The first-order chi connectivity index (χ1) is 11.6. The number of carbonyl (C=O) groups excluding carboxylic acids is 2. The van der Waals surface area contributed by atoms with Gasteiger partial charge in [-0.1, -0.05) is 48.0 Å². The molecule has 0 fully saturated rings. The van der Waals surface area contributed by atoms with Crippen molar-refractivity contribution >= 4 is 34.4 Å². The van der Waals surface area contributed by atoms with Crippen LogP contribution in [0.15, 0.2) is 52.9 Å². The number of rotatable bonds is 3. The van der Waals surface area contributed by atoms with Gasteiger partial charge in [0.05, 0.1) is 6.42 Å². The van der Waals surface area contributed by atoms with Gasteiger partial charge >= 0.3 is 5.91 Å². The number of hydrogen-bond donors (Lipinski definition) is 2. The molecule has 0 saturated carbocycles. The van der Waals surface area contributed by atoms with Crippen molar-refractivity contribution in [2.24, 2.45) is 0 Å². The Kier molecular flexibility index (Phi) is 4.53. The average molecular weight is 343 g/mol. The number of hydrogen-bond acceptors (Lipinski definition) is 3. The van der Waals surface area contributed by atoms with Crippen molar-refractivity contribution in [1.82, 2.24) is 10.9 Å². The fraction of sp³-hybridized carbons (Fsp3) is 0.111. The molecule has 24 heavy (non-hydrogen) atoms. The lowest BCUT2D eigenvalue weighted by molar-refractivity contribution is -0.121. The number of carbonyl (C=O) groups is 2. The monoisotopic (exact) mass is 342 g/mol. The maximum Gasteiger partial charge on any atom is 0.305 e. The van der Waals surface area contributed by atoms with Gasteiger partial charge in [-0.2, -0.15) is 0 Å². The summed E-state index contributed by atoms with van der Waals surface area (Å²) < 4.78 is 5.55. The molecule has 0 unspecified atom stereocenters. The molecule has 0 radical (unpaired) electrons. The molecule has 0 aliphatic rings. The molecular weight excluding hydrogens is 328 g/mol. The summed E-state index contributed by atoms with van der Waals surface area (Å²) in [7, 11) is 0. The largest absolute Gasteiger partial charge is 0.451 e. The van der Waals surface area contributed by atoms with Gasteiger partial charge in [-0.15, -0.1) is 0 Å². The van der Waals surface area contributed by atoms with Crippen molar-refractivity contribution in [2.75, 3.05) is 0 Å². The molecule has 0 spiro atoms. The number of hydrazine groups is 1. The summed E-state index contributed by atoms with van der Waals surface area (Å²) in [5, 5.41) is 1.37. The molecule has 0 aliphatic heterocycles. The van der Waals surface area contributed by atoms with E-state index in [-0.39, 0.29) is 18.1 Å². The van der Waals surface area contributed by atoms with Gasteiger partial charge in [0.15, 0.2) is 5.76 Å². The lowest BCUT2D eigenvalue weighted by atomic mass is 10.1. The summed E-state index contributed by atoms with van der Waals surface area (Å²) >= 11 is 6.01. The highest BCUT2D eigenvalue weighted by Crippen LogP contribution is 2.24. The molecule has 3 rings (SSSR count). The van der Waals surface area contributed by atoms with Gasteiger partial charge < -0.3 is 4.42 Å². The molecule has 2 N–H and O–H groups in total. The zero-order valence-corrected chi connectivity index (χ0v) is 13.7. The summed E-state index contributed by atoms with van der Waals surface area (Å²) in [6, 6.07) is 14.4. The van der Waals surface area contributed by atoms with Gasteiger partial charge in [-0.05, 0) is 24.6 Å². The first kappa shape index (κ1) is 16.1. The topological polar surface area (TPSA) is 71.3 Å². The van der Waals surface area contributed by atoms with Crippen LogP contribution in [0.1, 0.15) is 21.7 Å². The Morgan fingerprint density at radius 2 is 1.75 bits per heavy atom. The molecule has 5 nitrogen and oxygen atoms in total. The normalized spacial score (nSPS) is 10.6. The van der Waals surface area contributed by atoms with Crippen LogP contribution in [0, 0.1) is 6.92 Å².